The van der Waals surface area contributed by atoms with E-state index in [9.17, 15) is 0 Å². The maximum absolute atomic E-state index is 5.88. The lowest BCUT2D eigenvalue weighted by Crippen LogP contribution is -2.08. The number of nitrogens with one attached hydrogen (secondary N) is 2. The van der Waals surface area contributed by atoms with E-state index in [1.54, 1.807) is 7.11 Å². The van der Waals surface area contributed by atoms with Gasteiger partial charge < -0.3 is 28.9 Å². The van der Waals surface area contributed by atoms with Gasteiger partial charge in [0.15, 0.2) is 0 Å². The molecule has 2 N–H and O–H groups in total. The molecule has 0 aliphatic rings. The number of hydrogen-bond acceptors (Lipinski definition) is 6. The molecule has 0 aliphatic heterocycles. The minimum absolute atomic E-state index is 0.428. The zero-order valence-electron chi connectivity index (χ0n) is 24.4. The first-order chi connectivity index (χ1) is 20.7. The molecule has 0 spiro atoms. The Kier molecular flexibility index (Phi) is 9.23. The number of H-pyrrole nitrogens is 2. The van der Waals surface area contributed by atoms with Crippen molar-refractivity contribution < 1.29 is 18.9 Å². The van der Waals surface area contributed by atoms with E-state index in [-0.39, 0.29) is 0 Å². The number of hydrogen-bond donors (Lipinski definition) is 2. The molecular formula is C34H36N4O4. The van der Waals surface area contributed by atoms with Crippen molar-refractivity contribution in [1.82, 2.24) is 19.9 Å². The lowest BCUT2D eigenvalue weighted by atomic mass is 10.2. The van der Waals surface area contributed by atoms with Crippen LogP contribution in [0.4, 0.5) is 0 Å². The number of methoxy groups -OCH3 is 1. The Labute approximate surface area is 245 Å². The van der Waals surface area contributed by atoms with Gasteiger partial charge in [-0.2, -0.15) is 0 Å². The summed E-state index contributed by atoms with van der Waals surface area (Å²) in [4.78, 5) is 16.1. The van der Waals surface area contributed by atoms with Crippen LogP contribution in [0.1, 0.15) is 27.2 Å². The van der Waals surface area contributed by atoms with Crippen LogP contribution in [0.2, 0.25) is 0 Å². The van der Waals surface area contributed by atoms with Gasteiger partial charge in [-0.3, -0.25) is 0 Å². The SMILES string of the molecule is CC.CCCOc1ccc2nc(-c3ccc(OCCOc4ccc(-c5nc6ccc(OC)cc6[nH]5)cc4)cc3)[nH]c2c1. The monoisotopic (exact) mass is 564 g/mol. The lowest BCUT2D eigenvalue weighted by molar-refractivity contribution is 0.217. The summed E-state index contributed by atoms with van der Waals surface area (Å²) >= 11 is 0. The number of rotatable bonds is 11. The van der Waals surface area contributed by atoms with Gasteiger partial charge in [0, 0.05) is 23.3 Å². The molecule has 8 heteroatoms. The highest BCUT2D eigenvalue weighted by Gasteiger charge is 2.09. The number of ether oxygens (including phenoxy) is 4. The summed E-state index contributed by atoms with van der Waals surface area (Å²) in [5.74, 6) is 4.80. The van der Waals surface area contributed by atoms with Gasteiger partial charge in [0.2, 0.25) is 0 Å². The predicted molar refractivity (Wildman–Crippen MR) is 168 cm³/mol. The second-order valence-corrected chi connectivity index (χ2v) is 9.33. The van der Waals surface area contributed by atoms with Gasteiger partial charge in [-0.05, 0) is 79.2 Å². The fourth-order valence-corrected chi connectivity index (χ4v) is 4.42. The van der Waals surface area contributed by atoms with E-state index in [0.29, 0.717) is 19.8 Å². The Hall–Kier alpha value is -4.98. The van der Waals surface area contributed by atoms with E-state index in [0.717, 1.165) is 74.3 Å². The molecule has 0 fully saturated rings. The zero-order valence-corrected chi connectivity index (χ0v) is 24.4. The molecule has 0 aliphatic carbocycles. The van der Waals surface area contributed by atoms with Crippen LogP contribution in [0.3, 0.4) is 0 Å². The topological polar surface area (TPSA) is 94.3 Å². The first-order valence-electron chi connectivity index (χ1n) is 14.3. The molecule has 0 saturated heterocycles. The summed E-state index contributed by atoms with van der Waals surface area (Å²) in [6, 6.07) is 27.4. The van der Waals surface area contributed by atoms with E-state index >= 15 is 0 Å². The molecule has 0 radical (unpaired) electrons. The van der Waals surface area contributed by atoms with Crippen LogP contribution in [0.5, 0.6) is 23.0 Å². The summed E-state index contributed by atoms with van der Waals surface area (Å²) < 4.78 is 22.8. The standard InChI is InChI=1S/C32H30N4O4.C2H6/c1-3-16-38-26-13-15-28-30(20-26)36-32(34-28)22-6-10-24(11-7-22)40-18-17-39-23-8-4-21(5-9-23)31-33-27-14-12-25(37-2)19-29(27)35-31;1-2/h4-15,19-20H,3,16-18H2,1-2H3,(H,33,35)(H,34,36);1-2H3. The molecule has 0 saturated carbocycles. The average molecular weight is 565 g/mol. The smallest absolute Gasteiger partial charge is 0.138 e. The van der Waals surface area contributed by atoms with Crippen molar-refractivity contribution in [2.24, 2.45) is 0 Å². The number of nitrogens with zero attached hydrogens (tertiary/aromatic N) is 2. The summed E-state index contributed by atoms with van der Waals surface area (Å²) in [6.45, 7) is 7.65. The van der Waals surface area contributed by atoms with Crippen molar-refractivity contribution in [3.8, 4) is 45.8 Å². The second kappa shape index (κ2) is 13.6. The van der Waals surface area contributed by atoms with E-state index < -0.39 is 0 Å². The van der Waals surface area contributed by atoms with Gasteiger partial charge >= 0.3 is 0 Å². The molecule has 6 aromatic rings. The molecule has 6 rings (SSSR count). The molecule has 0 amide bonds. The molecular weight excluding hydrogens is 528 g/mol. The van der Waals surface area contributed by atoms with Gasteiger partial charge in [0.1, 0.15) is 47.9 Å². The number of imidazole rings is 2. The highest BCUT2D eigenvalue weighted by molar-refractivity contribution is 5.81. The van der Waals surface area contributed by atoms with Gasteiger partial charge in [-0.15, -0.1) is 0 Å². The Morgan fingerprint density at radius 2 is 0.976 bits per heavy atom. The average Bonchev–Trinajstić information content (AvgIpc) is 3.67. The fourth-order valence-electron chi connectivity index (χ4n) is 4.42. The van der Waals surface area contributed by atoms with Gasteiger partial charge in [0.05, 0.1) is 35.8 Å². The van der Waals surface area contributed by atoms with E-state index in [1.165, 1.54) is 0 Å². The zero-order chi connectivity index (χ0) is 29.3. The molecule has 42 heavy (non-hydrogen) atoms. The molecule has 0 unspecified atom stereocenters. The number of aromatic amines is 2. The van der Waals surface area contributed by atoms with Crippen LogP contribution in [-0.2, 0) is 0 Å². The van der Waals surface area contributed by atoms with Crippen LogP contribution in [-0.4, -0.2) is 46.9 Å². The third kappa shape index (κ3) is 6.66. The highest BCUT2D eigenvalue weighted by atomic mass is 16.5. The predicted octanol–water partition coefficient (Wildman–Crippen LogP) is 8.05. The maximum Gasteiger partial charge on any atom is 0.138 e. The largest absolute Gasteiger partial charge is 0.497 e. The number of benzene rings is 4. The molecule has 0 bridgehead atoms. The quantitative estimate of drug-likeness (QED) is 0.155. The Morgan fingerprint density at radius 1 is 0.548 bits per heavy atom. The summed E-state index contributed by atoms with van der Waals surface area (Å²) in [7, 11) is 1.65. The third-order valence-corrected chi connectivity index (χ3v) is 6.49. The summed E-state index contributed by atoms with van der Waals surface area (Å²) in [6.07, 6.45) is 0.973. The molecule has 8 nitrogen and oxygen atoms in total. The van der Waals surface area contributed by atoms with Crippen LogP contribution in [0, 0.1) is 0 Å². The highest BCUT2D eigenvalue weighted by Crippen LogP contribution is 2.27. The lowest BCUT2D eigenvalue weighted by Gasteiger charge is -2.09. The van der Waals surface area contributed by atoms with Gasteiger partial charge in [-0.1, -0.05) is 20.8 Å². The van der Waals surface area contributed by atoms with E-state index in [4.69, 9.17) is 23.9 Å². The summed E-state index contributed by atoms with van der Waals surface area (Å²) in [5, 5.41) is 0. The van der Waals surface area contributed by atoms with Gasteiger partial charge in [-0.25, -0.2) is 9.97 Å². The summed E-state index contributed by atoms with van der Waals surface area (Å²) in [5.41, 5.74) is 5.65. The fraction of sp³-hybridized carbons (Fsp3) is 0.235. The second-order valence-electron chi connectivity index (χ2n) is 9.33. The van der Waals surface area contributed by atoms with E-state index in [2.05, 4.69) is 21.9 Å². The van der Waals surface area contributed by atoms with Crippen LogP contribution in [0.25, 0.3) is 44.8 Å². The van der Waals surface area contributed by atoms with Crippen molar-refractivity contribution in [1.29, 1.82) is 0 Å². The van der Waals surface area contributed by atoms with Crippen molar-refractivity contribution >= 4 is 22.1 Å². The molecule has 0 atom stereocenters. The Balaban J connectivity index is 0.00000173. The van der Waals surface area contributed by atoms with Crippen molar-refractivity contribution in [3.63, 3.8) is 0 Å². The Morgan fingerprint density at radius 3 is 1.45 bits per heavy atom. The molecule has 2 aromatic heterocycles. The van der Waals surface area contributed by atoms with Crippen LogP contribution >= 0.6 is 0 Å². The van der Waals surface area contributed by atoms with Crippen molar-refractivity contribution in [2.45, 2.75) is 27.2 Å². The molecule has 4 aromatic carbocycles. The Bertz CT molecular complexity index is 1720. The first-order valence-corrected chi connectivity index (χ1v) is 14.3. The molecule has 2 heterocycles. The van der Waals surface area contributed by atoms with Crippen molar-refractivity contribution in [3.05, 3.63) is 84.9 Å². The van der Waals surface area contributed by atoms with Crippen molar-refractivity contribution in [2.75, 3.05) is 26.9 Å². The first kappa shape index (κ1) is 28.5. The minimum atomic E-state index is 0.428. The van der Waals surface area contributed by atoms with E-state index in [1.807, 2.05) is 98.8 Å². The molecule has 216 valence electrons. The minimum Gasteiger partial charge on any atom is -0.497 e. The number of aromatic nitrogens is 4. The normalized spacial score (nSPS) is 10.8. The third-order valence-electron chi connectivity index (χ3n) is 6.49. The van der Waals surface area contributed by atoms with Gasteiger partial charge in [0.25, 0.3) is 0 Å². The number of fused-ring (bicyclic) bond motifs is 2. The maximum atomic E-state index is 5.88. The van der Waals surface area contributed by atoms with Crippen LogP contribution in [0.15, 0.2) is 84.9 Å². The van der Waals surface area contributed by atoms with Crippen LogP contribution < -0.4 is 18.9 Å².